The molecule has 1 heterocycles. The van der Waals surface area contributed by atoms with E-state index in [0.717, 1.165) is 19.4 Å². The van der Waals surface area contributed by atoms with Gasteiger partial charge in [-0.2, -0.15) is 0 Å². The molecule has 1 N–H and O–H groups in total. The number of aliphatic hydroxyl groups excluding tert-OH is 1. The molecule has 0 saturated carbocycles. The molecule has 0 atom stereocenters. The monoisotopic (exact) mass is 249 g/mol. The summed E-state index contributed by atoms with van der Waals surface area (Å²) in [5.74, 6) is 0.589. The minimum atomic E-state index is -2.77. The third kappa shape index (κ3) is 4.80. The maximum Gasteiger partial charge on any atom is 0.152 e. The number of sulfone groups is 1. The molecular weight excluding hydrogens is 226 g/mol. The van der Waals surface area contributed by atoms with Crippen LogP contribution in [0.15, 0.2) is 0 Å². The normalized spacial score (nSPS) is 22.2. The molecule has 0 radical (unpaired) electrons. The van der Waals surface area contributed by atoms with E-state index in [0.29, 0.717) is 24.6 Å². The number of aliphatic hydroxyl groups is 1. The smallest absolute Gasteiger partial charge is 0.152 e. The van der Waals surface area contributed by atoms with Crippen molar-refractivity contribution in [2.75, 3.05) is 37.7 Å². The predicted octanol–water partition coefficient (Wildman–Crippen LogP) is 0.515. The van der Waals surface area contributed by atoms with Crippen molar-refractivity contribution in [3.8, 4) is 0 Å². The molecule has 1 saturated heterocycles. The van der Waals surface area contributed by atoms with Crippen LogP contribution in [0.5, 0.6) is 0 Å². The van der Waals surface area contributed by atoms with Gasteiger partial charge in [-0.25, -0.2) is 8.42 Å². The van der Waals surface area contributed by atoms with Gasteiger partial charge in [0.25, 0.3) is 0 Å². The highest BCUT2D eigenvalue weighted by Gasteiger charge is 2.26. The van der Waals surface area contributed by atoms with Gasteiger partial charge in [-0.1, -0.05) is 13.8 Å². The van der Waals surface area contributed by atoms with E-state index in [1.54, 1.807) is 0 Å². The first kappa shape index (κ1) is 13.9. The molecule has 16 heavy (non-hydrogen) atoms. The molecule has 0 unspecified atom stereocenters. The Bertz CT molecular complexity index is 297. The summed E-state index contributed by atoms with van der Waals surface area (Å²) in [5, 5.41) is 8.81. The quantitative estimate of drug-likeness (QED) is 0.771. The summed E-state index contributed by atoms with van der Waals surface area (Å²) in [5.41, 5.74) is 0.157. The Balaban J connectivity index is 2.38. The largest absolute Gasteiger partial charge is 0.396 e. The third-order valence-corrected chi connectivity index (χ3v) is 4.71. The van der Waals surface area contributed by atoms with Crippen LogP contribution >= 0.6 is 0 Å². The van der Waals surface area contributed by atoms with Crippen molar-refractivity contribution in [3.63, 3.8) is 0 Å². The molecular formula is C11H23NO3S. The van der Waals surface area contributed by atoms with Crippen LogP contribution in [0.1, 0.15) is 26.7 Å². The van der Waals surface area contributed by atoms with Crippen molar-refractivity contribution in [2.45, 2.75) is 26.7 Å². The van der Waals surface area contributed by atoms with Gasteiger partial charge in [0.15, 0.2) is 9.84 Å². The first-order chi connectivity index (χ1) is 7.35. The maximum atomic E-state index is 11.3. The molecule has 1 fully saturated rings. The van der Waals surface area contributed by atoms with Crippen LogP contribution in [0.4, 0.5) is 0 Å². The van der Waals surface area contributed by atoms with Gasteiger partial charge in [-0.3, -0.25) is 0 Å². The summed E-state index contributed by atoms with van der Waals surface area (Å²) in [7, 11) is -2.77. The fourth-order valence-electron chi connectivity index (χ4n) is 2.15. The Morgan fingerprint density at radius 2 is 1.81 bits per heavy atom. The summed E-state index contributed by atoms with van der Waals surface area (Å²) in [6.45, 7) is 6.81. The highest BCUT2D eigenvalue weighted by atomic mass is 32.2. The molecule has 0 spiro atoms. The van der Waals surface area contributed by atoms with Crippen LogP contribution in [0.2, 0.25) is 0 Å². The summed E-state index contributed by atoms with van der Waals surface area (Å²) in [4.78, 5) is 2.22. The summed E-state index contributed by atoms with van der Waals surface area (Å²) in [6, 6.07) is 0. The van der Waals surface area contributed by atoms with Gasteiger partial charge < -0.3 is 10.0 Å². The van der Waals surface area contributed by atoms with Gasteiger partial charge in [-0.05, 0) is 18.3 Å². The van der Waals surface area contributed by atoms with Crippen LogP contribution in [0, 0.1) is 5.41 Å². The topological polar surface area (TPSA) is 57.6 Å². The van der Waals surface area contributed by atoms with Crippen molar-refractivity contribution >= 4 is 9.84 Å². The molecule has 0 aromatic carbocycles. The first-order valence-corrected chi connectivity index (χ1v) is 7.70. The molecule has 96 valence electrons. The summed E-state index contributed by atoms with van der Waals surface area (Å²) >= 11 is 0. The average Bonchev–Trinajstić information content (AvgIpc) is 2.18. The Labute approximate surface area is 98.6 Å². The van der Waals surface area contributed by atoms with E-state index in [1.807, 2.05) is 0 Å². The highest BCUT2D eigenvalue weighted by molar-refractivity contribution is 7.91. The van der Waals surface area contributed by atoms with E-state index in [2.05, 4.69) is 18.7 Å². The standard InChI is InChI=1S/C11H23NO3S/c1-11(2,4-3-7-13)10-12-5-8-16(14,15)9-6-12/h13H,3-10H2,1-2H3. The van der Waals surface area contributed by atoms with Crippen LogP contribution in [-0.2, 0) is 9.84 Å². The van der Waals surface area contributed by atoms with E-state index >= 15 is 0 Å². The summed E-state index contributed by atoms with van der Waals surface area (Å²) in [6.07, 6.45) is 1.80. The van der Waals surface area contributed by atoms with Crippen LogP contribution in [-0.4, -0.2) is 56.2 Å². The van der Waals surface area contributed by atoms with Gasteiger partial charge in [0, 0.05) is 26.2 Å². The minimum Gasteiger partial charge on any atom is -0.396 e. The second kappa shape index (κ2) is 5.47. The van der Waals surface area contributed by atoms with Crippen molar-refractivity contribution in [2.24, 2.45) is 5.41 Å². The van der Waals surface area contributed by atoms with Crippen LogP contribution < -0.4 is 0 Å². The lowest BCUT2D eigenvalue weighted by Gasteiger charge is -2.34. The number of hydrogen-bond donors (Lipinski definition) is 1. The van der Waals surface area contributed by atoms with Crippen LogP contribution in [0.25, 0.3) is 0 Å². The fourth-order valence-corrected chi connectivity index (χ4v) is 3.43. The van der Waals surface area contributed by atoms with Gasteiger partial charge >= 0.3 is 0 Å². The molecule has 1 aliphatic heterocycles. The average molecular weight is 249 g/mol. The lowest BCUT2D eigenvalue weighted by atomic mass is 9.87. The fraction of sp³-hybridized carbons (Fsp3) is 1.00. The lowest BCUT2D eigenvalue weighted by molar-refractivity contribution is 0.164. The summed E-state index contributed by atoms with van der Waals surface area (Å²) < 4.78 is 22.5. The van der Waals surface area contributed by atoms with E-state index in [1.165, 1.54) is 0 Å². The molecule has 1 rings (SSSR count). The Kier molecular flexibility index (Phi) is 4.76. The van der Waals surface area contributed by atoms with Crippen LogP contribution in [0.3, 0.4) is 0 Å². The molecule has 0 bridgehead atoms. The second-order valence-electron chi connectivity index (χ2n) is 5.42. The third-order valence-electron chi connectivity index (χ3n) is 3.10. The molecule has 0 aromatic rings. The number of hydrogen-bond acceptors (Lipinski definition) is 4. The van der Waals surface area contributed by atoms with E-state index in [4.69, 9.17) is 5.11 Å². The number of nitrogens with zero attached hydrogens (tertiary/aromatic N) is 1. The Morgan fingerprint density at radius 3 is 2.31 bits per heavy atom. The molecule has 1 aliphatic rings. The SMILES string of the molecule is CC(C)(CCCO)CN1CCS(=O)(=O)CC1. The van der Waals surface area contributed by atoms with Crippen molar-refractivity contribution in [1.82, 2.24) is 4.90 Å². The predicted molar refractivity (Wildman–Crippen MR) is 65.2 cm³/mol. The van der Waals surface area contributed by atoms with Crippen molar-refractivity contribution in [1.29, 1.82) is 0 Å². The molecule has 0 amide bonds. The Morgan fingerprint density at radius 1 is 1.25 bits per heavy atom. The van der Waals surface area contributed by atoms with Crippen molar-refractivity contribution in [3.05, 3.63) is 0 Å². The van der Waals surface area contributed by atoms with Crippen molar-refractivity contribution < 1.29 is 13.5 Å². The lowest BCUT2D eigenvalue weighted by Crippen LogP contribution is -2.44. The first-order valence-electron chi connectivity index (χ1n) is 5.88. The molecule has 0 aliphatic carbocycles. The minimum absolute atomic E-state index is 0.157. The molecule has 4 nitrogen and oxygen atoms in total. The highest BCUT2D eigenvalue weighted by Crippen LogP contribution is 2.24. The molecule has 0 aromatic heterocycles. The zero-order chi connectivity index (χ0) is 12.2. The van der Waals surface area contributed by atoms with E-state index in [9.17, 15) is 8.42 Å². The zero-order valence-corrected chi connectivity index (χ0v) is 11.1. The maximum absolute atomic E-state index is 11.3. The van der Waals surface area contributed by atoms with E-state index in [-0.39, 0.29) is 12.0 Å². The van der Waals surface area contributed by atoms with Gasteiger partial charge in [-0.15, -0.1) is 0 Å². The Hall–Kier alpha value is -0.130. The molecule has 5 heteroatoms. The van der Waals surface area contributed by atoms with Gasteiger partial charge in [0.05, 0.1) is 11.5 Å². The zero-order valence-electron chi connectivity index (χ0n) is 10.3. The van der Waals surface area contributed by atoms with E-state index < -0.39 is 9.84 Å². The second-order valence-corrected chi connectivity index (χ2v) is 7.72. The van der Waals surface area contributed by atoms with Gasteiger partial charge in [0.2, 0.25) is 0 Å². The van der Waals surface area contributed by atoms with Gasteiger partial charge in [0.1, 0.15) is 0 Å². The number of rotatable bonds is 5.